The van der Waals surface area contributed by atoms with Crippen molar-refractivity contribution in [1.82, 2.24) is 4.31 Å². The summed E-state index contributed by atoms with van der Waals surface area (Å²) < 4.78 is 28.0. The van der Waals surface area contributed by atoms with Crippen molar-refractivity contribution in [1.29, 1.82) is 0 Å². The van der Waals surface area contributed by atoms with Crippen molar-refractivity contribution >= 4 is 27.5 Å². The lowest BCUT2D eigenvalue weighted by Gasteiger charge is -2.11. The zero-order valence-electron chi connectivity index (χ0n) is 9.72. The van der Waals surface area contributed by atoms with E-state index in [2.05, 4.69) is 0 Å². The summed E-state index contributed by atoms with van der Waals surface area (Å²) >= 11 is 5.75. The molecule has 6 heteroatoms. The normalized spacial score (nSPS) is 16.8. The summed E-state index contributed by atoms with van der Waals surface area (Å²) in [6.07, 6.45) is 0. The van der Waals surface area contributed by atoms with E-state index in [0.717, 1.165) is 12.4 Å². The molecule has 1 heterocycles. The minimum atomic E-state index is -3.44. The highest BCUT2D eigenvalue weighted by Gasteiger charge is 2.37. The molecule has 1 aliphatic heterocycles. The van der Waals surface area contributed by atoms with E-state index in [1.807, 2.05) is 11.6 Å². The zero-order chi connectivity index (χ0) is 12.6. The number of hydrogen-bond acceptors (Lipinski definition) is 2. The molecule has 0 aromatic heterocycles. The Morgan fingerprint density at radius 3 is 2.35 bits per heavy atom. The monoisotopic (exact) mass is 273 g/mol. The number of halogens is 1. The number of benzene rings is 1. The molecule has 4 nitrogen and oxygen atoms in total. The third-order valence-corrected chi connectivity index (χ3v) is 5.10. The first kappa shape index (κ1) is 12.4. The molecule has 0 unspecified atom stereocenters. The maximum Gasteiger partial charge on any atom is 0.330 e. The molecule has 0 N–H and O–H groups in total. The first-order valence-corrected chi connectivity index (χ1v) is 7.08. The molecule has 0 bridgehead atoms. The van der Waals surface area contributed by atoms with Gasteiger partial charge in [-0.3, -0.25) is 4.58 Å². The van der Waals surface area contributed by atoms with Crippen molar-refractivity contribution in [2.45, 2.75) is 11.8 Å². The molecule has 0 amide bonds. The summed E-state index contributed by atoms with van der Waals surface area (Å²) in [5.41, 5.74) is 0. The van der Waals surface area contributed by atoms with Gasteiger partial charge in [-0.05, 0) is 24.3 Å². The van der Waals surface area contributed by atoms with Gasteiger partial charge in [0.25, 0.3) is 5.84 Å². The number of amidine groups is 1. The van der Waals surface area contributed by atoms with Crippen molar-refractivity contribution in [2.24, 2.45) is 0 Å². The van der Waals surface area contributed by atoms with E-state index >= 15 is 0 Å². The summed E-state index contributed by atoms with van der Waals surface area (Å²) in [5.74, 6) is 0.750. The molecule has 0 fully saturated rings. The van der Waals surface area contributed by atoms with Gasteiger partial charge in [0.1, 0.15) is 18.0 Å². The smallest absolute Gasteiger partial charge is 0.264 e. The van der Waals surface area contributed by atoms with E-state index < -0.39 is 10.0 Å². The number of rotatable bonds is 2. The molecule has 1 aromatic carbocycles. The van der Waals surface area contributed by atoms with Gasteiger partial charge in [0.15, 0.2) is 0 Å². The van der Waals surface area contributed by atoms with Crippen LogP contribution in [0.4, 0.5) is 0 Å². The van der Waals surface area contributed by atoms with Gasteiger partial charge in [-0.2, -0.15) is 8.42 Å². The second-order valence-electron chi connectivity index (χ2n) is 4.00. The number of hydrogen-bond donors (Lipinski definition) is 0. The molecule has 17 heavy (non-hydrogen) atoms. The molecule has 0 saturated carbocycles. The van der Waals surface area contributed by atoms with E-state index in [1.165, 1.54) is 16.4 Å². The van der Waals surface area contributed by atoms with Gasteiger partial charge in [-0.1, -0.05) is 11.6 Å². The SMILES string of the molecule is CC1=[N+](C)CCN1S(=O)(=O)c1ccc(Cl)cc1. The highest BCUT2D eigenvalue weighted by Crippen LogP contribution is 2.20. The van der Waals surface area contributed by atoms with Crippen molar-refractivity contribution in [3.8, 4) is 0 Å². The lowest BCUT2D eigenvalue weighted by atomic mass is 10.4. The third kappa shape index (κ3) is 2.17. The molecule has 0 spiro atoms. The zero-order valence-corrected chi connectivity index (χ0v) is 11.3. The topological polar surface area (TPSA) is 40.4 Å². The lowest BCUT2D eigenvalue weighted by Crippen LogP contribution is -2.33. The lowest BCUT2D eigenvalue weighted by molar-refractivity contribution is -0.486. The first-order valence-electron chi connectivity index (χ1n) is 5.26. The molecular weight excluding hydrogens is 260 g/mol. The molecule has 0 radical (unpaired) electrons. The fraction of sp³-hybridized carbons (Fsp3) is 0.364. The largest absolute Gasteiger partial charge is 0.330 e. The molecule has 1 aliphatic rings. The van der Waals surface area contributed by atoms with Crippen LogP contribution < -0.4 is 0 Å². The maximum atomic E-state index is 12.3. The van der Waals surface area contributed by atoms with Crippen LogP contribution in [0, 0.1) is 0 Å². The minimum absolute atomic E-state index is 0.275. The van der Waals surface area contributed by atoms with Gasteiger partial charge in [0.2, 0.25) is 0 Å². The Hall–Kier alpha value is -1.07. The fourth-order valence-corrected chi connectivity index (χ4v) is 3.45. The maximum absolute atomic E-state index is 12.3. The average Bonchev–Trinajstić information content (AvgIpc) is 2.61. The van der Waals surface area contributed by atoms with Gasteiger partial charge in [-0.25, -0.2) is 0 Å². The van der Waals surface area contributed by atoms with E-state index in [9.17, 15) is 8.42 Å². The standard InChI is InChI=1S/C11H14ClN2O2S/c1-9-13(2)7-8-14(9)17(15,16)11-5-3-10(12)4-6-11/h3-6H,7-8H2,1-2H3/q+1. The Bertz CT molecular complexity index is 564. The fourth-order valence-electron chi connectivity index (χ4n) is 1.78. The molecule has 2 rings (SSSR count). The Morgan fingerprint density at radius 2 is 1.88 bits per heavy atom. The van der Waals surface area contributed by atoms with Crippen LogP contribution in [0.5, 0.6) is 0 Å². The van der Waals surface area contributed by atoms with Gasteiger partial charge in [-0.15, -0.1) is 4.31 Å². The second kappa shape index (κ2) is 4.31. The van der Waals surface area contributed by atoms with Gasteiger partial charge >= 0.3 is 10.0 Å². The quantitative estimate of drug-likeness (QED) is 0.765. The summed E-state index contributed by atoms with van der Waals surface area (Å²) in [7, 11) is -1.56. The summed E-state index contributed by atoms with van der Waals surface area (Å²) in [4.78, 5) is 0.275. The molecule has 0 saturated heterocycles. The molecule has 92 valence electrons. The third-order valence-electron chi connectivity index (χ3n) is 2.95. The van der Waals surface area contributed by atoms with Crippen LogP contribution in [0.15, 0.2) is 29.2 Å². The number of likely N-dealkylation sites (N-methyl/N-ethyl adjacent to an activating group) is 1. The van der Waals surface area contributed by atoms with E-state index in [-0.39, 0.29) is 4.90 Å². The summed E-state index contributed by atoms with van der Waals surface area (Å²) in [6, 6.07) is 6.24. The number of nitrogens with zero attached hydrogens (tertiary/aromatic N) is 2. The number of sulfonamides is 1. The van der Waals surface area contributed by atoms with Crippen LogP contribution in [0.2, 0.25) is 5.02 Å². The molecule has 1 aromatic rings. The van der Waals surface area contributed by atoms with E-state index in [1.54, 1.807) is 19.1 Å². The predicted molar refractivity (Wildman–Crippen MR) is 67.1 cm³/mol. The highest BCUT2D eigenvalue weighted by atomic mass is 35.5. The van der Waals surface area contributed by atoms with Crippen LogP contribution in [0.3, 0.4) is 0 Å². The van der Waals surface area contributed by atoms with Crippen molar-refractivity contribution in [3.05, 3.63) is 29.3 Å². The summed E-state index contributed by atoms with van der Waals surface area (Å²) in [5, 5.41) is 0.531. The summed E-state index contributed by atoms with van der Waals surface area (Å²) in [6.45, 7) is 3.02. The van der Waals surface area contributed by atoms with Crippen molar-refractivity contribution < 1.29 is 13.0 Å². The first-order chi connectivity index (χ1) is 7.93. The van der Waals surface area contributed by atoms with E-state index in [4.69, 9.17) is 11.6 Å². The average molecular weight is 274 g/mol. The Morgan fingerprint density at radius 1 is 1.29 bits per heavy atom. The molecule has 0 atom stereocenters. The van der Waals surface area contributed by atoms with Crippen molar-refractivity contribution in [3.63, 3.8) is 0 Å². The molecule has 0 aliphatic carbocycles. The van der Waals surface area contributed by atoms with Gasteiger partial charge < -0.3 is 0 Å². The van der Waals surface area contributed by atoms with E-state index in [0.29, 0.717) is 11.6 Å². The van der Waals surface area contributed by atoms with Crippen LogP contribution in [0.1, 0.15) is 6.92 Å². The Labute approximate surface area is 106 Å². The Kier molecular flexibility index (Phi) is 3.14. The van der Waals surface area contributed by atoms with Crippen LogP contribution >= 0.6 is 11.6 Å². The van der Waals surface area contributed by atoms with Gasteiger partial charge in [0.05, 0.1) is 7.05 Å². The predicted octanol–water partition coefficient (Wildman–Crippen LogP) is 1.40. The van der Waals surface area contributed by atoms with Crippen LogP contribution in [-0.4, -0.2) is 43.3 Å². The molecular formula is C11H14ClN2O2S+. The highest BCUT2D eigenvalue weighted by molar-refractivity contribution is 7.89. The van der Waals surface area contributed by atoms with Crippen LogP contribution in [-0.2, 0) is 10.0 Å². The van der Waals surface area contributed by atoms with Gasteiger partial charge in [0, 0.05) is 11.9 Å². The van der Waals surface area contributed by atoms with Crippen LogP contribution in [0.25, 0.3) is 0 Å². The minimum Gasteiger partial charge on any atom is -0.264 e. The van der Waals surface area contributed by atoms with Crippen molar-refractivity contribution in [2.75, 3.05) is 20.1 Å². The Balaban J connectivity index is 2.41. The second-order valence-corrected chi connectivity index (χ2v) is 6.30.